The average molecular weight is 298 g/mol. The zero-order valence-corrected chi connectivity index (χ0v) is 13.0. The fraction of sp³-hybridized carbons (Fsp3) is 0.471. The first-order valence-electron chi connectivity index (χ1n) is 7.97. The Morgan fingerprint density at radius 2 is 2.05 bits per heavy atom. The minimum absolute atomic E-state index is 0.238. The van der Waals surface area contributed by atoms with Crippen LogP contribution >= 0.6 is 0 Å². The highest BCUT2D eigenvalue weighted by Crippen LogP contribution is 2.22. The number of amides is 1. The van der Waals surface area contributed by atoms with Gasteiger partial charge in [-0.15, -0.1) is 0 Å². The largest absolute Gasteiger partial charge is 0.369 e. The van der Waals surface area contributed by atoms with Crippen LogP contribution in [0.25, 0.3) is 10.9 Å². The molecular formula is C17H22N4O. The number of aromatic nitrogens is 2. The topological polar surface area (TPSA) is 58.1 Å². The first-order valence-corrected chi connectivity index (χ1v) is 7.97. The first-order chi connectivity index (χ1) is 10.8. The molecule has 22 heavy (non-hydrogen) atoms. The van der Waals surface area contributed by atoms with Gasteiger partial charge < -0.3 is 10.2 Å². The Bertz CT molecular complexity index is 660. The van der Waals surface area contributed by atoms with Gasteiger partial charge in [-0.3, -0.25) is 4.79 Å². The lowest BCUT2D eigenvalue weighted by Crippen LogP contribution is -2.36. The van der Waals surface area contributed by atoms with Crippen LogP contribution in [0.15, 0.2) is 24.5 Å². The second kappa shape index (κ2) is 6.73. The monoisotopic (exact) mass is 298 g/mol. The van der Waals surface area contributed by atoms with Crippen molar-refractivity contribution < 1.29 is 4.79 Å². The summed E-state index contributed by atoms with van der Waals surface area (Å²) in [6.45, 7) is 4.48. The minimum Gasteiger partial charge on any atom is -0.369 e. The van der Waals surface area contributed by atoms with Crippen molar-refractivity contribution in [1.82, 2.24) is 14.9 Å². The van der Waals surface area contributed by atoms with Crippen LogP contribution in [-0.4, -0.2) is 40.4 Å². The molecule has 2 aromatic rings. The maximum absolute atomic E-state index is 12.2. The molecule has 1 saturated heterocycles. The quantitative estimate of drug-likeness (QED) is 0.943. The van der Waals surface area contributed by atoms with E-state index in [4.69, 9.17) is 0 Å². The number of nitrogens with one attached hydrogen (secondary N) is 1. The molecule has 0 bridgehead atoms. The third-order valence-electron chi connectivity index (χ3n) is 4.21. The molecule has 3 rings (SSSR count). The van der Waals surface area contributed by atoms with E-state index in [2.05, 4.69) is 28.3 Å². The maximum Gasteiger partial charge on any atom is 0.224 e. The number of piperidine rings is 1. The summed E-state index contributed by atoms with van der Waals surface area (Å²) in [6, 6.07) is 6.03. The Morgan fingerprint density at radius 1 is 1.23 bits per heavy atom. The molecule has 116 valence electrons. The van der Waals surface area contributed by atoms with E-state index in [0.717, 1.165) is 48.2 Å². The van der Waals surface area contributed by atoms with Crippen LogP contribution in [-0.2, 0) is 4.79 Å². The summed E-state index contributed by atoms with van der Waals surface area (Å²) < 4.78 is 0. The third-order valence-corrected chi connectivity index (χ3v) is 4.21. The minimum atomic E-state index is 0.238. The van der Waals surface area contributed by atoms with Gasteiger partial charge in [-0.25, -0.2) is 9.97 Å². The highest BCUT2D eigenvalue weighted by Gasteiger charge is 2.16. The lowest BCUT2D eigenvalue weighted by Gasteiger charge is -2.26. The van der Waals surface area contributed by atoms with Crippen molar-refractivity contribution in [3.63, 3.8) is 0 Å². The van der Waals surface area contributed by atoms with Crippen LogP contribution in [0.4, 0.5) is 5.82 Å². The summed E-state index contributed by atoms with van der Waals surface area (Å²) in [7, 11) is 0. The summed E-state index contributed by atoms with van der Waals surface area (Å²) in [5.41, 5.74) is 2.07. The smallest absolute Gasteiger partial charge is 0.224 e. The van der Waals surface area contributed by atoms with Gasteiger partial charge in [0.05, 0.1) is 5.52 Å². The average Bonchev–Trinajstić information content (AvgIpc) is 2.56. The van der Waals surface area contributed by atoms with Crippen molar-refractivity contribution in [2.75, 3.05) is 25.0 Å². The zero-order chi connectivity index (χ0) is 15.4. The molecule has 1 aromatic heterocycles. The van der Waals surface area contributed by atoms with Gasteiger partial charge in [-0.1, -0.05) is 12.1 Å². The number of anilines is 1. The van der Waals surface area contributed by atoms with Crippen molar-refractivity contribution >= 4 is 22.6 Å². The molecule has 1 aromatic carbocycles. The number of likely N-dealkylation sites (tertiary alicyclic amines) is 1. The first kappa shape index (κ1) is 14.8. The van der Waals surface area contributed by atoms with Gasteiger partial charge in [0.15, 0.2) is 0 Å². The van der Waals surface area contributed by atoms with Crippen LogP contribution in [0, 0.1) is 6.92 Å². The van der Waals surface area contributed by atoms with Crippen LogP contribution in [0.1, 0.15) is 31.2 Å². The molecule has 1 aliphatic heterocycles. The number of rotatable bonds is 4. The molecule has 0 radical (unpaired) electrons. The molecule has 5 nitrogen and oxygen atoms in total. The summed E-state index contributed by atoms with van der Waals surface area (Å²) in [6.07, 6.45) is 5.59. The molecule has 1 amide bonds. The highest BCUT2D eigenvalue weighted by atomic mass is 16.2. The maximum atomic E-state index is 12.2. The molecule has 0 aliphatic carbocycles. The summed E-state index contributed by atoms with van der Waals surface area (Å²) >= 11 is 0. The van der Waals surface area contributed by atoms with Crippen molar-refractivity contribution in [1.29, 1.82) is 0 Å². The Balaban J connectivity index is 1.63. The fourth-order valence-corrected chi connectivity index (χ4v) is 3.00. The van der Waals surface area contributed by atoms with Crippen molar-refractivity contribution in [2.45, 2.75) is 32.6 Å². The summed E-state index contributed by atoms with van der Waals surface area (Å²) in [5.74, 6) is 1.05. The van der Waals surface area contributed by atoms with E-state index in [0.29, 0.717) is 13.0 Å². The number of nitrogens with zero attached hydrogens (tertiary/aromatic N) is 3. The SMILES string of the molecule is Cc1cccc2ncnc(NCCC(=O)N3CCCCC3)c12. The molecule has 0 atom stereocenters. The molecule has 5 heteroatoms. The highest BCUT2D eigenvalue weighted by molar-refractivity contribution is 5.91. The Labute approximate surface area is 130 Å². The van der Waals surface area contributed by atoms with Gasteiger partial charge in [0.2, 0.25) is 5.91 Å². The van der Waals surface area contributed by atoms with E-state index < -0.39 is 0 Å². The van der Waals surface area contributed by atoms with Gasteiger partial charge in [0, 0.05) is 31.4 Å². The number of carbonyl (C=O) groups is 1. The van der Waals surface area contributed by atoms with Gasteiger partial charge in [-0.2, -0.15) is 0 Å². The molecule has 1 N–H and O–H groups in total. The molecule has 2 heterocycles. The third kappa shape index (κ3) is 3.18. The molecule has 1 aliphatic rings. The van der Waals surface area contributed by atoms with Crippen LogP contribution in [0.2, 0.25) is 0 Å². The number of hydrogen-bond donors (Lipinski definition) is 1. The van der Waals surface area contributed by atoms with Crippen LogP contribution in [0.5, 0.6) is 0 Å². The van der Waals surface area contributed by atoms with Crippen molar-refractivity contribution in [3.8, 4) is 0 Å². The van der Waals surface area contributed by atoms with E-state index in [-0.39, 0.29) is 5.91 Å². The van der Waals surface area contributed by atoms with Gasteiger partial charge in [0.1, 0.15) is 12.1 Å². The molecule has 0 saturated carbocycles. The Morgan fingerprint density at radius 3 is 2.86 bits per heavy atom. The van der Waals surface area contributed by atoms with Crippen LogP contribution < -0.4 is 5.32 Å². The predicted molar refractivity (Wildman–Crippen MR) is 87.8 cm³/mol. The predicted octanol–water partition coefficient (Wildman–Crippen LogP) is 2.75. The number of aryl methyl sites for hydroxylation is 1. The summed E-state index contributed by atoms with van der Waals surface area (Å²) in [5, 5.41) is 4.34. The normalized spacial score (nSPS) is 15.0. The van der Waals surface area contributed by atoms with E-state index in [1.165, 1.54) is 6.42 Å². The van der Waals surface area contributed by atoms with Gasteiger partial charge in [0.25, 0.3) is 0 Å². The van der Waals surface area contributed by atoms with Gasteiger partial charge in [-0.05, 0) is 37.8 Å². The van der Waals surface area contributed by atoms with Gasteiger partial charge >= 0.3 is 0 Å². The summed E-state index contributed by atoms with van der Waals surface area (Å²) in [4.78, 5) is 22.8. The van der Waals surface area contributed by atoms with Crippen molar-refractivity contribution in [2.24, 2.45) is 0 Å². The molecular weight excluding hydrogens is 276 g/mol. The lowest BCUT2D eigenvalue weighted by atomic mass is 10.1. The Hall–Kier alpha value is -2.17. The standard InChI is InChI=1S/C17H22N4O/c1-13-6-5-7-14-16(13)17(20-12-19-14)18-9-8-15(22)21-10-3-2-4-11-21/h5-7,12H,2-4,8-11H2,1H3,(H,18,19,20). The molecule has 0 unspecified atom stereocenters. The van der Waals surface area contributed by atoms with Crippen LogP contribution in [0.3, 0.4) is 0 Å². The number of hydrogen-bond acceptors (Lipinski definition) is 4. The molecule has 0 spiro atoms. The van der Waals surface area contributed by atoms with E-state index in [1.54, 1.807) is 6.33 Å². The van der Waals surface area contributed by atoms with E-state index >= 15 is 0 Å². The zero-order valence-electron chi connectivity index (χ0n) is 13.0. The van der Waals surface area contributed by atoms with E-state index in [1.807, 2.05) is 17.0 Å². The number of fused-ring (bicyclic) bond motifs is 1. The number of carbonyl (C=O) groups excluding carboxylic acids is 1. The number of benzene rings is 1. The second-order valence-electron chi connectivity index (χ2n) is 5.81. The molecule has 1 fully saturated rings. The lowest BCUT2D eigenvalue weighted by molar-refractivity contribution is -0.131. The van der Waals surface area contributed by atoms with E-state index in [9.17, 15) is 4.79 Å². The van der Waals surface area contributed by atoms with Crippen molar-refractivity contribution in [3.05, 3.63) is 30.1 Å². The Kier molecular flexibility index (Phi) is 4.51. The second-order valence-corrected chi connectivity index (χ2v) is 5.81. The fourth-order valence-electron chi connectivity index (χ4n) is 3.00.